The van der Waals surface area contributed by atoms with Gasteiger partial charge in [0.2, 0.25) is 11.7 Å². The molecule has 1 N–H and O–H groups in total. The molecule has 0 radical (unpaired) electrons. The Hall–Kier alpha value is -8.33. The topological polar surface area (TPSA) is 235 Å². The third kappa shape index (κ3) is 31.2. The first-order chi connectivity index (χ1) is 53.4. The zero-order valence-electron chi connectivity index (χ0n) is 73.9. The SMILES string of the molecule is CC(=O)C(C)(C)C1CCCCC1.CC(=O)C(C)(C)c1ccc(F)cc1.CC(=O)C(C)(C)c1ccccn1.CC(=O)C(C)(C)c1cccnc1.CC(=O)C(F)(F)c1ccccc1.CC(=O)C1(C(F)(F)F)CCC1.CC(=O)C1(C2CCCCC2)CCC1.CC(=O)C1(c2ccccc2)CCC1.CC(=O)NC(C)(C)C(C)=O.COC(C)(C)C(C)=O. The fourth-order valence-electron chi connectivity index (χ4n) is 13.3. The van der Waals surface area contributed by atoms with Crippen molar-refractivity contribution in [2.75, 3.05) is 7.11 Å². The molecule has 2 aromatic heterocycles. The minimum absolute atomic E-state index is 0.0220. The van der Waals surface area contributed by atoms with Crippen molar-refractivity contribution in [1.29, 1.82) is 0 Å². The molecular formula is C95H135F6N3O12. The smallest absolute Gasteiger partial charge is 0.371 e. The standard InChI is InChI=1S/C12H20O.C12H14O.C11H13FO.C11H20O.2C10H13NO.C9H8F2O.C7H9F3O.C7H13NO2.C6H12O2/c2*1-10(13)12(8-5-9-12)11-6-3-2-4-7-11;1-8(13)11(2,3)9-4-6-10(12)7-5-9;1-9(12)11(2,3)10-7-5-4-6-8-10;1-8(12)10(2,3)9-5-4-6-11-7-9;1-8(12)10(2,3)9-6-4-5-7-11-9;1-7(12)9(10,11)8-5-3-2-4-6-8;1-5(11)6(3-2-4-6)7(8,9)10;1-5(9)7(3,4)8-6(2)10;1-5(7)6(2,3)8-4/h11H,2-9H2,1H3;2-4,6-7H,5,8-9H2,1H3;4-7H,1-3H3;10H,4-8H2,1-3H3;2*4-7H,1-3H3;2-6H,1H3;2-4H2,1H3;1-4H3,(H,8,10);1-4H3. The lowest BCUT2D eigenvalue weighted by molar-refractivity contribution is -0.241. The molecule has 1 amide bonds. The zero-order chi connectivity index (χ0) is 89.3. The van der Waals surface area contributed by atoms with Crippen LogP contribution in [0.5, 0.6) is 0 Å². The highest BCUT2D eigenvalue weighted by Gasteiger charge is 2.61. The van der Waals surface area contributed by atoms with Crippen LogP contribution in [0.2, 0.25) is 0 Å². The lowest BCUT2D eigenvalue weighted by Crippen LogP contribution is -2.49. The van der Waals surface area contributed by atoms with Crippen molar-refractivity contribution in [3.05, 3.63) is 168 Å². The van der Waals surface area contributed by atoms with Crippen LogP contribution < -0.4 is 5.32 Å². The number of halogens is 6. The van der Waals surface area contributed by atoms with E-state index < -0.39 is 56.5 Å². The molecule has 5 saturated carbocycles. The van der Waals surface area contributed by atoms with E-state index in [4.69, 9.17) is 4.74 Å². The average molecular weight is 1630 g/mol. The molecule has 15 nitrogen and oxygen atoms in total. The van der Waals surface area contributed by atoms with Gasteiger partial charge in [-0.05, 0) is 255 Å². The van der Waals surface area contributed by atoms with Crippen LogP contribution in [0.3, 0.4) is 0 Å². The van der Waals surface area contributed by atoms with Crippen molar-refractivity contribution < 1.29 is 83.8 Å². The minimum Gasteiger partial charge on any atom is -0.371 e. The first kappa shape index (κ1) is 106. The number of ketones is 10. The van der Waals surface area contributed by atoms with E-state index >= 15 is 0 Å². The number of pyridine rings is 2. The summed E-state index contributed by atoms with van der Waals surface area (Å²) < 4.78 is 79.9. The number of benzene rings is 3. The van der Waals surface area contributed by atoms with Crippen LogP contribution in [0, 0.1) is 33.9 Å². The van der Waals surface area contributed by atoms with E-state index in [1.54, 1.807) is 99.1 Å². The second-order valence-electron chi connectivity index (χ2n) is 34.5. The molecule has 3 aromatic carbocycles. The van der Waals surface area contributed by atoms with Gasteiger partial charge in [-0.25, -0.2) is 4.39 Å². The molecule has 0 bridgehead atoms. The van der Waals surface area contributed by atoms with E-state index in [-0.39, 0.29) is 75.3 Å². The highest BCUT2D eigenvalue weighted by molar-refractivity contribution is 5.91. The lowest BCUT2D eigenvalue weighted by atomic mass is 9.56. The van der Waals surface area contributed by atoms with Gasteiger partial charge in [-0.2, -0.15) is 22.0 Å². The van der Waals surface area contributed by atoms with Gasteiger partial charge >= 0.3 is 12.1 Å². The van der Waals surface area contributed by atoms with E-state index in [2.05, 4.69) is 41.3 Å². The molecule has 21 heteroatoms. The Morgan fingerprint density at radius 2 is 0.853 bits per heavy atom. The predicted octanol–water partition coefficient (Wildman–Crippen LogP) is 22.0. The number of hydrogen-bond donors (Lipinski definition) is 1. The molecule has 5 fully saturated rings. The molecule has 0 spiro atoms. The number of methoxy groups -OCH3 is 1. The van der Waals surface area contributed by atoms with Gasteiger partial charge in [-0.3, -0.25) is 62.7 Å². The Kier molecular flexibility index (Phi) is 42.6. The average Bonchev–Trinajstić information content (AvgIpc) is 0.774. The molecule has 0 saturated heterocycles. The van der Waals surface area contributed by atoms with Crippen LogP contribution in [-0.2, 0) is 85.1 Å². The summed E-state index contributed by atoms with van der Waals surface area (Å²) in [5.41, 5.74) is -1.12. The maximum absolute atomic E-state index is 12.9. The first-order valence-electron chi connectivity index (χ1n) is 40.5. The number of Topliss-reactive ketones (excluding diaryl/α,β-unsaturated/α-hetero) is 10. The Morgan fingerprint density at radius 1 is 0.414 bits per heavy atom. The minimum atomic E-state index is -4.34. The van der Waals surface area contributed by atoms with E-state index in [9.17, 15) is 79.1 Å². The molecule has 10 rings (SSSR count). The normalized spacial score (nSPS) is 16.1. The van der Waals surface area contributed by atoms with E-state index in [1.165, 1.54) is 160 Å². The molecule has 644 valence electrons. The fourth-order valence-corrected chi connectivity index (χ4v) is 13.3. The van der Waals surface area contributed by atoms with Gasteiger partial charge in [-0.1, -0.05) is 157 Å². The molecule has 116 heavy (non-hydrogen) atoms. The van der Waals surface area contributed by atoms with Crippen LogP contribution in [0.25, 0.3) is 0 Å². The second-order valence-corrected chi connectivity index (χ2v) is 34.5. The molecule has 0 aliphatic heterocycles. The number of aromatic nitrogens is 2. The molecule has 5 aromatic rings. The van der Waals surface area contributed by atoms with Gasteiger partial charge in [-0.15, -0.1) is 0 Å². The number of carbonyl (C=O) groups is 11. The summed E-state index contributed by atoms with van der Waals surface area (Å²) in [7, 11) is 1.53. The Morgan fingerprint density at radius 3 is 1.15 bits per heavy atom. The van der Waals surface area contributed by atoms with Crippen LogP contribution in [-0.4, -0.2) is 98.1 Å². The summed E-state index contributed by atoms with van der Waals surface area (Å²) in [5, 5.41) is 2.53. The van der Waals surface area contributed by atoms with Crippen molar-refractivity contribution >= 4 is 63.7 Å². The Labute approximate surface area is 688 Å². The first-order valence-corrected chi connectivity index (χ1v) is 40.5. The molecule has 0 atom stereocenters. The number of nitrogens with zero attached hydrogens (tertiary/aromatic N) is 2. The summed E-state index contributed by atoms with van der Waals surface area (Å²) in [5.74, 6) is -2.73. The Bertz CT molecular complexity index is 3790. The van der Waals surface area contributed by atoms with Gasteiger partial charge in [0, 0.05) is 66.8 Å². The molecule has 5 aliphatic carbocycles. The summed E-state index contributed by atoms with van der Waals surface area (Å²) in [6.45, 7) is 38.6. The third-order valence-corrected chi connectivity index (χ3v) is 24.7. The number of amides is 1. The molecule has 0 unspecified atom stereocenters. The quantitative estimate of drug-likeness (QED) is 0.0757. The summed E-state index contributed by atoms with van der Waals surface area (Å²) in [6.07, 6.45) is 21.5. The number of hydrogen-bond acceptors (Lipinski definition) is 14. The van der Waals surface area contributed by atoms with Crippen molar-refractivity contribution in [2.45, 2.75) is 326 Å². The summed E-state index contributed by atoms with van der Waals surface area (Å²) in [6, 6.07) is 32.7. The zero-order valence-corrected chi connectivity index (χ0v) is 73.9. The van der Waals surface area contributed by atoms with Gasteiger partial charge in [0.05, 0.1) is 22.1 Å². The number of ether oxygens (including phenoxy) is 1. The Balaban J connectivity index is 0.000000646. The van der Waals surface area contributed by atoms with Crippen molar-refractivity contribution in [3.8, 4) is 0 Å². The van der Waals surface area contributed by atoms with Crippen molar-refractivity contribution in [2.24, 2.45) is 28.1 Å². The fraction of sp³-hybridized carbons (Fsp3) is 0.589. The highest BCUT2D eigenvalue weighted by Crippen LogP contribution is 2.54. The van der Waals surface area contributed by atoms with E-state index in [1.807, 2.05) is 97.0 Å². The largest absolute Gasteiger partial charge is 0.401 e. The number of nitrogens with one attached hydrogen (secondary N) is 1. The maximum Gasteiger partial charge on any atom is 0.401 e. The number of alkyl halides is 5. The van der Waals surface area contributed by atoms with E-state index in [0.29, 0.717) is 29.7 Å². The third-order valence-electron chi connectivity index (χ3n) is 24.7. The molecule has 5 aliphatic rings. The van der Waals surface area contributed by atoms with Crippen LogP contribution in [0.1, 0.15) is 309 Å². The van der Waals surface area contributed by atoms with Crippen LogP contribution in [0.4, 0.5) is 26.3 Å². The number of carbonyl (C=O) groups excluding carboxylic acids is 11. The number of rotatable bonds is 19. The van der Waals surface area contributed by atoms with Crippen LogP contribution >= 0.6 is 0 Å². The van der Waals surface area contributed by atoms with Gasteiger partial charge in [0.15, 0.2) is 11.6 Å². The molecule has 2 heterocycles. The van der Waals surface area contributed by atoms with Gasteiger partial charge < -0.3 is 10.1 Å². The van der Waals surface area contributed by atoms with E-state index in [0.717, 1.165) is 49.4 Å². The highest BCUT2D eigenvalue weighted by atomic mass is 19.4. The predicted molar refractivity (Wildman–Crippen MR) is 448 cm³/mol. The van der Waals surface area contributed by atoms with Gasteiger partial charge in [0.1, 0.15) is 57.3 Å². The second kappa shape index (κ2) is 46.7. The summed E-state index contributed by atoms with van der Waals surface area (Å²) >= 11 is 0. The van der Waals surface area contributed by atoms with Crippen LogP contribution in [0.15, 0.2) is 134 Å². The summed E-state index contributed by atoms with van der Waals surface area (Å²) in [4.78, 5) is 129. The monoisotopic (exact) mass is 1620 g/mol. The van der Waals surface area contributed by atoms with Crippen molar-refractivity contribution in [1.82, 2.24) is 15.3 Å². The van der Waals surface area contributed by atoms with Gasteiger partial charge in [0.25, 0.3) is 0 Å². The maximum atomic E-state index is 12.9. The molecular weight excluding hydrogens is 1490 g/mol. The lowest BCUT2D eigenvalue weighted by Gasteiger charge is -2.47. The van der Waals surface area contributed by atoms with Crippen molar-refractivity contribution in [3.63, 3.8) is 0 Å².